The molecule has 0 aliphatic carbocycles. The maximum absolute atomic E-state index is 13.4. The number of thioether (sulfide) groups is 1. The monoisotopic (exact) mass is 544 g/mol. The number of allylic oxidation sites excluding steroid dienone is 1. The van der Waals surface area contributed by atoms with Gasteiger partial charge in [0.2, 0.25) is 10.1 Å². The van der Waals surface area contributed by atoms with Crippen LogP contribution in [-0.2, 0) is 17.4 Å². The number of anilines is 2. The number of aryl methyl sites for hydroxylation is 1. The number of halogens is 1. The molecule has 0 saturated carbocycles. The highest BCUT2D eigenvalue weighted by atomic mass is 32.2. The number of benzene rings is 1. The van der Waals surface area contributed by atoms with Crippen molar-refractivity contribution in [1.29, 1.82) is 5.26 Å². The summed E-state index contributed by atoms with van der Waals surface area (Å²) in [5, 5.41) is 19.1. The molecule has 0 amide bonds. The second kappa shape index (κ2) is 8.72. The lowest BCUT2D eigenvalue weighted by Crippen LogP contribution is -2.72. The first-order valence-corrected chi connectivity index (χ1v) is 14.8. The zero-order valence-electron chi connectivity index (χ0n) is 20.1. The molecule has 13 heteroatoms. The van der Waals surface area contributed by atoms with Gasteiger partial charge in [0, 0.05) is 44.9 Å². The van der Waals surface area contributed by atoms with E-state index in [0.29, 0.717) is 10.6 Å². The maximum Gasteiger partial charge on any atom is 0.216 e. The number of nitriles is 1. The standard InChI is InChI=1S/C23H25FN8OS3/c1-4-16-19(29(2)20-27-18(17(9-25)34-20)14-5-7-15(24)8-6-14)32-21(26-16)35-22(28-32)30-10-23(11-30)12-31(13-23)36(3)33/h5-8,20,27H,4,10-13H2,1-3H3. The second-order valence-electron chi connectivity index (χ2n) is 9.44. The highest BCUT2D eigenvalue weighted by molar-refractivity contribution is 8.04. The SMILES string of the molecule is CCc1nc2sc(N3CC4(C3)CN(S(C)=O)C4)nn2c1N(C)C1NC(c2ccc(F)cc2)=C(C#N)S1. The third kappa shape index (κ3) is 3.78. The van der Waals surface area contributed by atoms with Crippen LogP contribution < -0.4 is 15.1 Å². The van der Waals surface area contributed by atoms with Crippen molar-refractivity contribution in [2.75, 3.05) is 49.3 Å². The van der Waals surface area contributed by atoms with Crippen molar-refractivity contribution in [1.82, 2.24) is 24.2 Å². The third-order valence-corrected chi connectivity index (χ3v) is 10.1. The normalized spacial score (nSPS) is 21.9. The van der Waals surface area contributed by atoms with Gasteiger partial charge in [-0.05, 0) is 36.2 Å². The summed E-state index contributed by atoms with van der Waals surface area (Å²) in [4.78, 5) is 10.6. The van der Waals surface area contributed by atoms with Crippen LogP contribution in [-0.4, -0.2) is 68.1 Å². The number of nitrogens with one attached hydrogen (secondary N) is 1. The highest BCUT2D eigenvalue weighted by Gasteiger charge is 2.53. The Morgan fingerprint density at radius 2 is 2.03 bits per heavy atom. The minimum atomic E-state index is -0.899. The summed E-state index contributed by atoms with van der Waals surface area (Å²) in [6.45, 7) is 5.65. The van der Waals surface area contributed by atoms with Crippen LogP contribution in [0.1, 0.15) is 18.2 Å². The molecule has 1 N–H and O–H groups in total. The lowest BCUT2D eigenvalue weighted by atomic mass is 9.75. The molecule has 0 radical (unpaired) electrons. The number of aromatic nitrogens is 3. The van der Waals surface area contributed by atoms with E-state index in [4.69, 9.17) is 10.1 Å². The lowest BCUT2D eigenvalue weighted by molar-refractivity contribution is 0.0438. The summed E-state index contributed by atoms with van der Waals surface area (Å²) in [7, 11) is 1.08. The number of hydrogen-bond donors (Lipinski definition) is 1. The van der Waals surface area contributed by atoms with E-state index >= 15 is 0 Å². The maximum atomic E-state index is 13.4. The van der Waals surface area contributed by atoms with E-state index in [1.807, 2.05) is 15.9 Å². The van der Waals surface area contributed by atoms with Gasteiger partial charge < -0.3 is 15.1 Å². The smallest absolute Gasteiger partial charge is 0.216 e. The van der Waals surface area contributed by atoms with Gasteiger partial charge in [-0.25, -0.2) is 17.9 Å². The van der Waals surface area contributed by atoms with Crippen LogP contribution in [0.15, 0.2) is 29.2 Å². The third-order valence-electron chi connectivity index (χ3n) is 6.93. The first kappa shape index (κ1) is 23.7. The summed E-state index contributed by atoms with van der Waals surface area (Å²) in [6.07, 6.45) is 2.49. The van der Waals surface area contributed by atoms with Gasteiger partial charge in [-0.1, -0.05) is 30.0 Å². The van der Waals surface area contributed by atoms with E-state index in [2.05, 4.69) is 28.1 Å². The summed E-state index contributed by atoms with van der Waals surface area (Å²) in [5.74, 6) is 0.581. The number of nitrogens with zero attached hydrogens (tertiary/aromatic N) is 7. The minimum absolute atomic E-state index is 0.230. The molecule has 1 spiro atoms. The van der Waals surface area contributed by atoms with E-state index in [1.165, 1.54) is 23.9 Å². The first-order chi connectivity index (χ1) is 17.3. The van der Waals surface area contributed by atoms with Crippen molar-refractivity contribution in [3.63, 3.8) is 0 Å². The van der Waals surface area contributed by atoms with Crippen molar-refractivity contribution >= 4 is 55.7 Å². The van der Waals surface area contributed by atoms with Gasteiger partial charge in [-0.3, -0.25) is 0 Å². The Kier molecular flexibility index (Phi) is 5.75. The summed E-state index contributed by atoms with van der Waals surface area (Å²) >= 11 is 3.01. The fourth-order valence-electron chi connectivity index (χ4n) is 5.06. The molecular formula is C23H25FN8OS3. The van der Waals surface area contributed by atoms with Gasteiger partial charge in [-0.2, -0.15) is 9.78 Å². The van der Waals surface area contributed by atoms with Crippen molar-refractivity contribution in [2.45, 2.75) is 18.8 Å². The molecular weight excluding hydrogens is 520 g/mol. The Bertz CT molecular complexity index is 1430. The van der Waals surface area contributed by atoms with E-state index in [0.717, 1.165) is 59.8 Å². The first-order valence-electron chi connectivity index (χ1n) is 11.6. The molecule has 2 fully saturated rings. The quantitative estimate of drug-likeness (QED) is 0.507. The molecule has 3 aliphatic rings. The van der Waals surface area contributed by atoms with Gasteiger partial charge in [-0.15, -0.1) is 5.10 Å². The molecule has 3 aliphatic heterocycles. The molecule has 188 valence electrons. The molecule has 2 unspecified atom stereocenters. The molecule has 2 aromatic heterocycles. The van der Waals surface area contributed by atoms with E-state index < -0.39 is 11.0 Å². The molecule has 9 nitrogen and oxygen atoms in total. The average molecular weight is 545 g/mol. The van der Waals surface area contributed by atoms with Crippen LogP contribution in [0, 0.1) is 22.6 Å². The Morgan fingerprint density at radius 3 is 2.67 bits per heavy atom. The molecule has 5 heterocycles. The topological polar surface area (TPSA) is 92.8 Å². The lowest BCUT2D eigenvalue weighted by Gasteiger charge is -2.59. The Labute approximate surface area is 219 Å². The van der Waals surface area contributed by atoms with Crippen molar-refractivity contribution in [3.05, 3.63) is 46.2 Å². The van der Waals surface area contributed by atoms with Crippen LogP contribution in [0.2, 0.25) is 0 Å². The van der Waals surface area contributed by atoms with Crippen molar-refractivity contribution in [2.24, 2.45) is 5.41 Å². The number of fused-ring (bicyclic) bond motifs is 1. The number of rotatable bonds is 6. The fourth-order valence-corrected chi connectivity index (χ4v) is 7.89. The Morgan fingerprint density at radius 1 is 1.31 bits per heavy atom. The molecule has 2 saturated heterocycles. The fraction of sp³-hybridized carbons (Fsp3) is 0.435. The molecule has 1 aromatic carbocycles. The summed E-state index contributed by atoms with van der Waals surface area (Å²) in [6, 6.07) is 8.44. The van der Waals surface area contributed by atoms with Crippen LogP contribution in [0.25, 0.3) is 10.7 Å². The number of hydrogen-bond acceptors (Lipinski definition) is 9. The zero-order valence-corrected chi connectivity index (χ0v) is 22.5. The minimum Gasteiger partial charge on any atom is -0.354 e. The van der Waals surface area contributed by atoms with E-state index in [-0.39, 0.29) is 16.7 Å². The molecule has 6 rings (SSSR count). The van der Waals surface area contributed by atoms with Crippen LogP contribution in [0.4, 0.5) is 15.3 Å². The van der Waals surface area contributed by atoms with Crippen LogP contribution >= 0.6 is 23.1 Å². The van der Waals surface area contributed by atoms with Gasteiger partial charge in [0.15, 0.2) is 11.3 Å². The molecule has 0 bridgehead atoms. The van der Waals surface area contributed by atoms with Gasteiger partial charge in [0.05, 0.1) is 22.4 Å². The van der Waals surface area contributed by atoms with Crippen molar-refractivity contribution in [3.8, 4) is 6.07 Å². The summed E-state index contributed by atoms with van der Waals surface area (Å²) in [5.41, 5.74) is 2.41. The van der Waals surface area contributed by atoms with Gasteiger partial charge in [0.1, 0.15) is 16.8 Å². The van der Waals surface area contributed by atoms with Gasteiger partial charge >= 0.3 is 0 Å². The molecule has 2 atom stereocenters. The van der Waals surface area contributed by atoms with Crippen LogP contribution in [0.5, 0.6) is 0 Å². The number of imidazole rings is 1. The molecule has 36 heavy (non-hydrogen) atoms. The zero-order chi connectivity index (χ0) is 25.2. The Balaban J connectivity index is 1.23. The highest BCUT2D eigenvalue weighted by Crippen LogP contribution is 2.44. The predicted molar refractivity (Wildman–Crippen MR) is 142 cm³/mol. The largest absolute Gasteiger partial charge is 0.354 e. The summed E-state index contributed by atoms with van der Waals surface area (Å²) < 4.78 is 29.0. The van der Waals surface area contributed by atoms with Crippen LogP contribution in [0.3, 0.4) is 0 Å². The Hall–Kier alpha value is -2.66. The second-order valence-corrected chi connectivity index (χ2v) is 12.8. The van der Waals surface area contributed by atoms with E-state index in [1.54, 1.807) is 29.7 Å². The predicted octanol–water partition coefficient (Wildman–Crippen LogP) is 2.86. The van der Waals surface area contributed by atoms with Crippen molar-refractivity contribution < 1.29 is 8.60 Å². The van der Waals surface area contributed by atoms with Gasteiger partial charge in [0.25, 0.3) is 0 Å². The average Bonchev–Trinajstić information content (AvgIpc) is 3.49. The van der Waals surface area contributed by atoms with E-state index in [9.17, 15) is 13.9 Å². The molecule has 3 aromatic rings.